The van der Waals surface area contributed by atoms with E-state index in [1.54, 1.807) is 14.0 Å². The van der Waals surface area contributed by atoms with Crippen LogP contribution in [0.15, 0.2) is 6.07 Å². The molecule has 1 unspecified atom stereocenters. The van der Waals surface area contributed by atoms with Crippen LogP contribution in [0.4, 0.5) is 11.6 Å². The largest absolute Gasteiger partial charge is 0.370 e. The van der Waals surface area contributed by atoms with Gasteiger partial charge in [0.15, 0.2) is 0 Å². The first kappa shape index (κ1) is 14.2. The van der Waals surface area contributed by atoms with Gasteiger partial charge in [-0.05, 0) is 13.8 Å². The van der Waals surface area contributed by atoms with Gasteiger partial charge in [-0.2, -0.15) is 0 Å². The molecule has 0 spiro atoms. The molecule has 0 saturated carbocycles. The lowest BCUT2D eigenvalue weighted by Gasteiger charge is -2.14. The molecule has 6 heteroatoms. The van der Waals surface area contributed by atoms with Crippen molar-refractivity contribution < 1.29 is 4.79 Å². The highest BCUT2D eigenvalue weighted by Crippen LogP contribution is 2.12. The first-order valence-corrected chi connectivity index (χ1v) is 6.20. The predicted octanol–water partition coefficient (Wildman–Crippen LogP) is 1.02. The number of hydrogen-bond acceptors (Lipinski definition) is 5. The number of amides is 1. The summed E-state index contributed by atoms with van der Waals surface area (Å²) in [5.41, 5.74) is 0. The van der Waals surface area contributed by atoms with Gasteiger partial charge in [0.25, 0.3) is 0 Å². The highest BCUT2D eigenvalue weighted by molar-refractivity contribution is 5.83. The maximum Gasteiger partial charge on any atom is 0.241 e. The lowest BCUT2D eigenvalue weighted by atomic mass is 10.3. The molecule has 1 heterocycles. The fraction of sp³-hybridized carbons (Fsp3) is 0.583. The molecule has 1 aromatic rings. The summed E-state index contributed by atoms with van der Waals surface area (Å²) in [6, 6.07) is 1.48. The van der Waals surface area contributed by atoms with Gasteiger partial charge in [0.05, 0.1) is 0 Å². The highest BCUT2D eigenvalue weighted by atomic mass is 16.2. The Morgan fingerprint density at radius 3 is 2.56 bits per heavy atom. The normalized spacial score (nSPS) is 11.8. The van der Waals surface area contributed by atoms with E-state index < -0.39 is 0 Å². The van der Waals surface area contributed by atoms with Crippen LogP contribution < -0.4 is 16.0 Å². The molecule has 1 aromatic heterocycles. The van der Waals surface area contributed by atoms with E-state index in [0.29, 0.717) is 5.82 Å². The minimum absolute atomic E-state index is 0.0725. The van der Waals surface area contributed by atoms with E-state index in [2.05, 4.69) is 25.9 Å². The Kier molecular flexibility index (Phi) is 5.35. The van der Waals surface area contributed by atoms with Crippen LogP contribution in [0, 0.1) is 0 Å². The molecule has 3 N–H and O–H groups in total. The van der Waals surface area contributed by atoms with Gasteiger partial charge in [-0.15, -0.1) is 0 Å². The van der Waals surface area contributed by atoms with Crippen molar-refractivity contribution in [3.8, 4) is 0 Å². The average Bonchev–Trinajstić information content (AvgIpc) is 2.37. The van der Waals surface area contributed by atoms with Crippen LogP contribution in [0.5, 0.6) is 0 Å². The standard InChI is InChI=1S/C12H21N5O/c1-5-9-16-10(14-6-2)7-11(17-9)15-8(3)12(18)13-4/h7-8H,5-6H2,1-4H3,(H,13,18)(H2,14,15,16,17). The van der Waals surface area contributed by atoms with Crippen molar-refractivity contribution in [1.29, 1.82) is 0 Å². The van der Waals surface area contributed by atoms with E-state index in [9.17, 15) is 4.79 Å². The number of anilines is 2. The molecule has 0 aliphatic carbocycles. The van der Waals surface area contributed by atoms with Crippen molar-refractivity contribution >= 4 is 17.5 Å². The van der Waals surface area contributed by atoms with Crippen LogP contribution in [-0.2, 0) is 11.2 Å². The lowest BCUT2D eigenvalue weighted by Crippen LogP contribution is -2.35. The zero-order chi connectivity index (χ0) is 13.5. The smallest absolute Gasteiger partial charge is 0.241 e. The Morgan fingerprint density at radius 1 is 1.33 bits per heavy atom. The van der Waals surface area contributed by atoms with Gasteiger partial charge >= 0.3 is 0 Å². The summed E-state index contributed by atoms with van der Waals surface area (Å²) >= 11 is 0. The van der Waals surface area contributed by atoms with Crippen LogP contribution in [0.1, 0.15) is 26.6 Å². The van der Waals surface area contributed by atoms with E-state index in [1.807, 2.05) is 19.9 Å². The summed E-state index contributed by atoms with van der Waals surface area (Å²) in [7, 11) is 1.61. The Balaban J connectivity index is 2.86. The topological polar surface area (TPSA) is 78.9 Å². The molecule has 1 amide bonds. The zero-order valence-corrected chi connectivity index (χ0v) is 11.4. The highest BCUT2D eigenvalue weighted by Gasteiger charge is 2.12. The van der Waals surface area contributed by atoms with Crippen molar-refractivity contribution in [2.24, 2.45) is 0 Å². The van der Waals surface area contributed by atoms with Crippen LogP contribution in [0.3, 0.4) is 0 Å². The summed E-state index contributed by atoms with van der Waals surface area (Å²) in [5.74, 6) is 2.11. The number of carbonyl (C=O) groups is 1. The van der Waals surface area contributed by atoms with Crippen LogP contribution in [0.2, 0.25) is 0 Å². The number of aryl methyl sites for hydroxylation is 1. The van der Waals surface area contributed by atoms with Crippen LogP contribution >= 0.6 is 0 Å². The third-order valence-electron chi connectivity index (χ3n) is 2.45. The maximum atomic E-state index is 11.4. The fourth-order valence-electron chi connectivity index (χ4n) is 1.50. The Labute approximate surface area is 108 Å². The van der Waals surface area contributed by atoms with Crippen molar-refractivity contribution in [2.75, 3.05) is 24.2 Å². The molecule has 0 saturated heterocycles. The van der Waals surface area contributed by atoms with Crippen molar-refractivity contribution in [3.05, 3.63) is 11.9 Å². The number of hydrogen-bond donors (Lipinski definition) is 3. The molecule has 0 aliphatic heterocycles. The molecule has 0 aromatic carbocycles. The van der Waals surface area contributed by atoms with Gasteiger partial charge in [0.1, 0.15) is 23.5 Å². The second kappa shape index (κ2) is 6.78. The zero-order valence-electron chi connectivity index (χ0n) is 11.4. The minimum Gasteiger partial charge on any atom is -0.370 e. The SMILES string of the molecule is CCNc1cc(NC(C)C(=O)NC)nc(CC)n1. The van der Waals surface area contributed by atoms with Gasteiger partial charge in [-0.1, -0.05) is 6.92 Å². The van der Waals surface area contributed by atoms with Crippen LogP contribution in [0.25, 0.3) is 0 Å². The number of rotatable bonds is 6. The number of likely N-dealkylation sites (N-methyl/N-ethyl adjacent to an activating group) is 1. The summed E-state index contributed by atoms with van der Waals surface area (Å²) in [6.07, 6.45) is 0.752. The number of aromatic nitrogens is 2. The second-order valence-electron chi connectivity index (χ2n) is 3.92. The molecule has 0 radical (unpaired) electrons. The van der Waals surface area contributed by atoms with E-state index in [-0.39, 0.29) is 11.9 Å². The van der Waals surface area contributed by atoms with E-state index in [4.69, 9.17) is 0 Å². The first-order chi connectivity index (χ1) is 8.60. The maximum absolute atomic E-state index is 11.4. The Morgan fingerprint density at radius 2 is 2.00 bits per heavy atom. The van der Waals surface area contributed by atoms with Crippen molar-refractivity contribution in [1.82, 2.24) is 15.3 Å². The summed E-state index contributed by atoms with van der Waals surface area (Å²) in [4.78, 5) is 20.1. The molecule has 1 atom stereocenters. The van der Waals surface area contributed by atoms with Gasteiger partial charge < -0.3 is 16.0 Å². The fourth-order valence-corrected chi connectivity index (χ4v) is 1.50. The Hall–Kier alpha value is -1.85. The Bertz CT molecular complexity index is 407. The molecule has 0 fully saturated rings. The number of nitrogens with zero attached hydrogens (tertiary/aromatic N) is 2. The molecular formula is C12H21N5O. The van der Waals surface area contributed by atoms with Gasteiger partial charge in [0, 0.05) is 26.1 Å². The van der Waals surface area contributed by atoms with Gasteiger partial charge in [-0.3, -0.25) is 4.79 Å². The van der Waals surface area contributed by atoms with Gasteiger partial charge in [0.2, 0.25) is 5.91 Å². The molecule has 0 bridgehead atoms. The second-order valence-corrected chi connectivity index (χ2v) is 3.92. The molecule has 1 rings (SSSR count). The van der Waals surface area contributed by atoms with E-state index in [1.165, 1.54) is 0 Å². The number of carbonyl (C=O) groups excluding carboxylic acids is 1. The summed E-state index contributed by atoms with van der Waals surface area (Å²) in [6.45, 7) is 6.59. The third-order valence-corrected chi connectivity index (χ3v) is 2.45. The van der Waals surface area contributed by atoms with Crippen molar-refractivity contribution in [2.45, 2.75) is 33.2 Å². The molecular weight excluding hydrogens is 230 g/mol. The first-order valence-electron chi connectivity index (χ1n) is 6.20. The number of nitrogens with one attached hydrogen (secondary N) is 3. The third kappa shape index (κ3) is 3.87. The van der Waals surface area contributed by atoms with Crippen LogP contribution in [-0.4, -0.2) is 35.5 Å². The van der Waals surface area contributed by atoms with Crippen molar-refractivity contribution in [3.63, 3.8) is 0 Å². The molecule has 6 nitrogen and oxygen atoms in total. The molecule has 100 valence electrons. The molecule has 18 heavy (non-hydrogen) atoms. The lowest BCUT2D eigenvalue weighted by molar-refractivity contribution is -0.121. The average molecular weight is 251 g/mol. The summed E-state index contributed by atoms with van der Waals surface area (Å²) < 4.78 is 0. The van der Waals surface area contributed by atoms with Gasteiger partial charge in [-0.25, -0.2) is 9.97 Å². The van der Waals surface area contributed by atoms with E-state index in [0.717, 1.165) is 24.6 Å². The predicted molar refractivity (Wildman–Crippen MR) is 72.7 cm³/mol. The quantitative estimate of drug-likeness (QED) is 0.703. The minimum atomic E-state index is -0.330. The van der Waals surface area contributed by atoms with E-state index >= 15 is 0 Å². The molecule has 0 aliphatic rings. The summed E-state index contributed by atoms with van der Waals surface area (Å²) in [5, 5.41) is 8.80. The monoisotopic (exact) mass is 251 g/mol.